The van der Waals surface area contributed by atoms with Gasteiger partial charge in [0, 0.05) is 19.8 Å². The van der Waals surface area contributed by atoms with E-state index >= 15 is 0 Å². The van der Waals surface area contributed by atoms with E-state index in [0.717, 1.165) is 18.4 Å². The zero-order chi connectivity index (χ0) is 20.9. The van der Waals surface area contributed by atoms with Crippen LogP contribution in [0.5, 0.6) is 0 Å². The minimum Gasteiger partial charge on any atom is -0.375 e. The summed E-state index contributed by atoms with van der Waals surface area (Å²) in [6.07, 6.45) is 5.67. The van der Waals surface area contributed by atoms with Crippen molar-refractivity contribution < 1.29 is 19.0 Å². The average molecular weight is 407 g/mol. The molecule has 6 nitrogen and oxygen atoms in total. The number of nitrogens with zero attached hydrogens (tertiary/aromatic N) is 1. The van der Waals surface area contributed by atoms with E-state index in [0.29, 0.717) is 38.8 Å². The molecule has 1 amide bonds. The third-order valence-electron chi connectivity index (χ3n) is 5.32. The predicted molar refractivity (Wildman–Crippen MR) is 114 cm³/mol. The average Bonchev–Trinajstić information content (AvgIpc) is 2.74. The largest absolute Gasteiger partial charge is 0.375 e. The maximum absolute atomic E-state index is 13.1. The Morgan fingerprint density at radius 2 is 1.76 bits per heavy atom. The Morgan fingerprint density at radius 3 is 2.38 bits per heavy atom. The van der Waals surface area contributed by atoms with Crippen molar-refractivity contribution in [3.8, 4) is 0 Å². The van der Waals surface area contributed by atoms with Crippen LogP contribution in [0.2, 0.25) is 0 Å². The molecule has 6 heteroatoms. The molecule has 2 N–H and O–H groups in total. The molecule has 0 saturated heterocycles. The fourth-order valence-corrected chi connectivity index (χ4v) is 3.82. The fourth-order valence-electron chi connectivity index (χ4n) is 3.82. The molecule has 0 heterocycles. The molecule has 164 valence electrons. The van der Waals surface area contributed by atoms with Crippen molar-refractivity contribution in [2.75, 3.05) is 32.9 Å². The monoisotopic (exact) mass is 406 g/mol. The Morgan fingerprint density at radius 1 is 1.10 bits per heavy atom. The second kappa shape index (κ2) is 13.7. The minimum atomic E-state index is -0.689. The highest BCUT2D eigenvalue weighted by Crippen LogP contribution is 2.25. The van der Waals surface area contributed by atoms with Crippen molar-refractivity contribution in [2.24, 2.45) is 11.7 Å². The van der Waals surface area contributed by atoms with Crippen LogP contribution in [0.4, 0.5) is 0 Å². The van der Waals surface area contributed by atoms with Crippen LogP contribution in [0.3, 0.4) is 0 Å². The van der Waals surface area contributed by atoms with Crippen LogP contribution in [0, 0.1) is 5.92 Å². The van der Waals surface area contributed by atoms with E-state index in [1.165, 1.54) is 19.3 Å². The van der Waals surface area contributed by atoms with E-state index < -0.39 is 12.3 Å². The molecule has 1 aromatic rings. The van der Waals surface area contributed by atoms with Crippen molar-refractivity contribution in [1.29, 1.82) is 0 Å². The molecule has 1 aromatic carbocycles. The van der Waals surface area contributed by atoms with E-state index in [9.17, 15) is 4.79 Å². The molecule has 1 atom stereocenters. The van der Waals surface area contributed by atoms with Crippen molar-refractivity contribution >= 4 is 5.91 Å². The number of carbonyl (C=O) groups excluding carboxylic acids is 1. The third kappa shape index (κ3) is 8.83. The van der Waals surface area contributed by atoms with E-state index in [1.54, 1.807) is 0 Å². The number of ether oxygens (including phenoxy) is 3. The molecule has 2 rings (SSSR count). The number of carbonyl (C=O) groups is 1. The number of hydrogen-bond acceptors (Lipinski definition) is 5. The molecule has 1 aliphatic carbocycles. The number of nitrogens with two attached hydrogens (primary N) is 1. The van der Waals surface area contributed by atoms with Crippen LogP contribution in [0.25, 0.3) is 0 Å². The molecular weight excluding hydrogens is 368 g/mol. The summed E-state index contributed by atoms with van der Waals surface area (Å²) in [6.45, 7) is 6.72. The van der Waals surface area contributed by atoms with Gasteiger partial charge in [0.1, 0.15) is 6.04 Å². The fraction of sp³-hybridized carbons (Fsp3) is 0.696. The first-order chi connectivity index (χ1) is 14.1. The second-order valence-corrected chi connectivity index (χ2v) is 7.69. The standard InChI is InChI=1S/C23H38N2O4/c1-3-28-22(29-4-2)16-25(15-19-11-7-5-8-12-19)23(26)21(24)18-27-17-20-13-9-6-10-14-20/h6,9-10,13-14,19,21-22H,3-5,7-8,11-12,15-18,24H2,1-2H3/t21-/m0/s1. The van der Waals surface area contributed by atoms with Gasteiger partial charge in [0.05, 0.1) is 19.8 Å². The summed E-state index contributed by atoms with van der Waals surface area (Å²) < 4.78 is 17.1. The molecule has 0 spiro atoms. The van der Waals surface area contributed by atoms with Crippen LogP contribution < -0.4 is 5.73 Å². The van der Waals surface area contributed by atoms with Gasteiger partial charge >= 0.3 is 0 Å². The Labute approximate surface area is 175 Å². The summed E-state index contributed by atoms with van der Waals surface area (Å²) in [5.74, 6) is 0.432. The van der Waals surface area contributed by atoms with E-state index in [1.807, 2.05) is 49.1 Å². The van der Waals surface area contributed by atoms with Crippen molar-refractivity contribution in [2.45, 2.75) is 64.9 Å². The van der Waals surface area contributed by atoms with Crippen molar-refractivity contribution in [1.82, 2.24) is 4.90 Å². The molecule has 0 bridgehead atoms. The predicted octanol–water partition coefficient (Wildman–Crippen LogP) is 3.34. The summed E-state index contributed by atoms with van der Waals surface area (Å²) in [7, 11) is 0. The highest BCUT2D eigenvalue weighted by atomic mass is 16.7. The Hall–Kier alpha value is -1.47. The van der Waals surface area contributed by atoms with Crippen LogP contribution >= 0.6 is 0 Å². The Kier molecular flexibility index (Phi) is 11.2. The Balaban J connectivity index is 1.93. The topological polar surface area (TPSA) is 74.0 Å². The van der Waals surface area contributed by atoms with Crippen LogP contribution in [0.15, 0.2) is 30.3 Å². The summed E-state index contributed by atoms with van der Waals surface area (Å²) in [4.78, 5) is 14.9. The van der Waals surface area contributed by atoms with Crippen LogP contribution in [0.1, 0.15) is 51.5 Å². The molecule has 1 fully saturated rings. The van der Waals surface area contributed by atoms with Gasteiger partial charge in [-0.25, -0.2) is 0 Å². The van der Waals surface area contributed by atoms with Gasteiger partial charge in [-0.2, -0.15) is 0 Å². The van der Waals surface area contributed by atoms with Gasteiger partial charge in [0.15, 0.2) is 6.29 Å². The molecule has 0 unspecified atom stereocenters. The van der Waals surface area contributed by atoms with Gasteiger partial charge in [-0.15, -0.1) is 0 Å². The molecule has 1 saturated carbocycles. The summed E-state index contributed by atoms with van der Waals surface area (Å²) in [6, 6.07) is 9.21. The number of amides is 1. The van der Waals surface area contributed by atoms with Crippen molar-refractivity contribution in [3.63, 3.8) is 0 Å². The highest BCUT2D eigenvalue weighted by Gasteiger charge is 2.27. The molecular formula is C23H38N2O4. The lowest BCUT2D eigenvalue weighted by Crippen LogP contribution is -2.51. The molecule has 0 aliphatic heterocycles. The molecule has 29 heavy (non-hydrogen) atoms. The first kappa shape index (κ1) is 23.8. The highest BCUT2D eigenvalue weighted by molar-refractivity contribution is 5.81. The number of rotatable bonds is 13. The maximum atomic E-state index is 13.1. The normalized spacial score (nSPS) is 16.1. The van der Waals surface area contributed by atoms with E-state index in [4.69, 9.17) is 19.9 Å². The summed E-state index contributed by atoms with van der Waals surface area (Å²) in [5.41, 5.74) is 7.28. The van der Waals surface area contributed by atoms with Crippen LogP contribution in [-0.4, -0.2) is 56.0 Å². The number of benzene rings is 1. The first-order valence-electron chi connectivity index (χ1n) is 11.0. The van der Waals surface area contributed by atoms with Gasteiger partial charge in [0.25, 0.3) is 0 Å². The van der Waals surface area contributed by atoms with Crippen molar-refractivity contribution in [3.05, 3.63) is 35.9 Å². The lowest BCUT2D eigenvalue weighted by molar-refractivity contribution is -0.161. The molecule has 0 radical (unpaired) electrons. The van der Waals surface area contributed by atoms with E-state index in [-0.39, 0.29) is 12.5 Å². The zero-order valence-electron chi connectivity index (χ0n) is 18.1. The SMILES string of the molecule is CCOC(CN(CC1CCCCC1)C(=O)[C@@H](N)COCc1ccccc1)OCC. The number of hydrogen-bond donors (Lipinski definition) is 1. The second-order valence-electron chi connectivity index (χ2n) is 7.69. The third-order valence-corrected chi connectivity index (χ3v) is 5.32. The quantitative estimate of drug-likeness (QED) is 0.509. The zero-order valence-corrected chi connectivity index (χ0v) is 18.1. The van der Waals surface area contributed by atoms with Crippen LogP contribution in [-0.2, 0) is 25.6 Å². The molecule has 0 aromatic heterocycles. The Bertz CT molecular complexity index is 557. The van der Waals surface area contributed by atoms with Gasteiger partial charge in [-0.3, -0.25) is 4.79 Å². The minimum absolute atomic E-state index is 0.0898. The van der Waals surface area contributed by atoms with Gasteiger partial charge in [-0.1, -0.05) is 49.6 Å². The van der Waals surface area contributed by atoms with Gasteiger partial charge in [0.2, 0.25) is 5.91 Å². The summed E-state index contributed by atoms with van der Waals surface area (Å²) in [5, 5.41) is 0. The van der Waals surface area contributed by atoms with Gasteiger partial charge < -0.3 is 24.8 Å². The van der Waals surface area contributed by atoms with Gasteiger partial charge in [-0.05, 0) is 38.2 Å². The first-order valence-corrected chi connectivity index (χ1v) is 11.0. The lowest BCUT2D eigenvalue weighted by Gasteiger charge is -2.33. The van der Waals surface area contributed by atoms with E-state index in [2.05, 4.69) is 0 Å². The molecule has 1 aliphatic rings. The smallest absolute Gasteiger partial charge is 0.242 e. The maximum Gasteiger partial charge on any atom is 0.242 e. The summed E-state index contributed by atoms with van der Waals surface area (Å²) >= 11 is 0. The lowest BCUT2D eigenvalue weighted by atomic mass is 9.89.